The van der Waals surface area contributed by atoms with Crippen molar-refractivity contribution in [3.63, 3.8) is 0 Å². The Labute approximate surface area is 332 Å². The van der Waals surface area contributed by atoms with Gasteiger partial charge in [-0.05, 0) is 78.4 Å². The van der Waals surface area contributed by atoms with E-state index in [0.717, 1.165) is 60.9 Å². The Hall–Kier alpha value is -7.82. The third kappa shape index (κ3) is 4.23. The van der Waals surface area contributed by atoms with Crippen LogP contribution in [0.4, 0.5) is 0 Å². The molecular formula is C54H33N3O. The molecule has 4 heterocycles. The molecule has 0 aliphatic rings. The van der Waals surface area contributed by atoms with Gasteiger partial charge >= 0.3 is 0 Å². The van der Waals surface area contributed by atoms with Gasteiger partial charge in [0.25, 0.3) is 0 Å². The van der Waals surface area contributed by atoms with Crippen LogP contribution < -0.4 is 0 Å². The molecule has 4 heteroatoms. The Morgan fingerprint density at radius 2 is 0.914 bits per heavy atom. The summed E-state index contributed by atoms with van der Waals surface area (Å²) in [5, 5.41) is 9.46. The molecule has 4 aromatic heterocycles. The standard InChI is InChI=1S/C54H33N3O/c1-3-15-34(16-4-1)37-19-7-11-23-44(37)57-45-24-12-8-20-38(45)40-28-31-48-51(53(40)57)43-33-36(27-30-47(43)55(48)35-17-5-2-6-18-35)56-46-25-13-9-22-42(46)52-49(56)32-29-41-39-21-10-14-26-50(39)58-54(41)52/h1-33H. The van der Waals surface area contributed by atoms with Gasteiger partial charge in [-0.1, -0.05) is 127 Å². The van der Waals surface area contributed by atoms with E-state index in [4.69, 9.17) is 4.42 Å². The SMILES string of the molecule is c1ccc(-c2ccccc2-n2c3ccccc3c3ccc4c(c5cc(-n6c7ccccc7c7c8oc9ccccc9c8ccc76)ccc5n4-c4ccccc4)c32)cc1. The fraction of sp³-hybridized carbons (Fsp3) is 0. The third-order valence-electron chi connectivity index (χ3n) is 12.2. The molecular weight excluding hydrogens is 707 g/mol. The molecule has 13 rings (SSSR count). The maximum atomic E-state index is 6.66. The van der Waals surface area contributed by atoms with Crippen molar-refractivity contribution in [2.24, 2.45) is 0 Å². The summed E-state index contributed by atoms with van der Waals surface area (Å²) in [5.74, 6) is 0. The van der Waals surface area contributed by atoms with E-state index >= 15 is 0 Å². The van der Waals surface area contributed by atoms with Gasteiger partial charge in [0.05, 0.1) is 44.2 Å². The number of hydrogen-bond donors (Lipinski definition) is 0. The quantitative estimate of drug-likeness (QED) is 0.177. The molecule has 0 N–H and O–H groups in total. The van der Waals surface area contributed by atoms with Gasteiger partial charge in [-0.2, -0.15) is 0 Å². The molecule has 9 aromatic carbocycles. The van der Waals surface area contributed by atoms with Crippen molar-refractivity contribution in [2.75, 3.05) is 0 Å². The second kappa shape index (κ2) is 11.8. The Kier molecular flexibility index (Phi) is 6.41. The molecule has 0 aliphatic heterocycles. The van der Waals surface area contributed by atoms with Crippen molar-refractivity contribution in [1.29, 1.82) is 0 Å². The minimum absolute atomic E-state index is 0.908. The highest BCUT2D eigenvalue weighted by Crippen LogP contribution is 2.45. The monoisotopic (exact) mass is 739 g/mol. The highest BCUT2D eigenvalue weighted by atomic mass is 16.3. The van der Waals surface area contributed by atoms with Gasteiger partial charge in [0.1, 0.15) is 11.2 Å². The topological polar surface area (TPSA) is 27.9 Å². The van der Waals surface area contributed by atoms with Crippen LogP contribution >= 0.6 is 0 Å². The summed E-state index contributed by atoms with van der Waals surface area (Å²) in [6.07, 6.45) is 0. The van der Waals surface area contributed by atoms with Crippen molar-refractivity contribution in [1.82, 2.24) is 13.7 Å². The normalized spacial score (nSPS) is 12.1. The molecule has 0 amide bonds. The van der Waals surface area contributed by atoms with E-state index in [1.54, 1.807) is 0 Å². The molecule has 0 fully saturated rings. The summed E-state index contributed by atoms with van der Waals surface area (Å²) >= 11 is 0. The van der Waals surface area contributed by atoms with Crippen LogP contribution in [0.25, 0.3) is 116 Å². The number of para-hydroxylation sites is 5. The van der Waals surface area contributed by atoms with E-state index in [0.29, 0.717) is 0 Å². The van der Waals surface area contributed by atoms with Crippen molar-refractivity contribution < 1.29 is 4.42 Å². The summed E-state index contributed by atoms with van der Waals surface area (Å²) in [7, 11) is 0. The highest BCUT2D eigenvalue weighted by molar-refractivity contribution is 6.27. The number of nitrogens with zero attached hydrogens (tertiary/aromatic N) is 3. The molecule has 270 valence electrons. The van der Waals surface area contributed by atoms with Crippen LogP contribution in [0.15, 0.2) is 205 Å². The lowest BCUT2D eigenvalue weighted by molar-refractivity contribution is 0.673. The van der Waals surface area contributed by atoms with Crippen molar-refractivity contribution in [3.05, 3.63) is 200 Å². The molecule has 0 radical (unpaired) electrons. The van der Waals surface area contributed by atoms with Crippen molar-refractivity contribution in [2.45, 2.75) is 0 Å². The van der Waals surface area contributed by atoms with Gasteiger partial charge in [0, 0.05) is 54.6 Å². The lowest BCUT2D eigenvalue weighted by Gasteiger charge is -2.15. The lowest BCUT2D eigenvalue weighted by atomic mass is 10.0. The van der Waals surface area contributed by atoms with Crippen LogP contribution in [0.5, 0.6) is 0 Å². The zero-order chi connectivity index (χ0) is 37.9. The Bertz CT molecular complexity index is 3790. The number of furan rings is 1. The third-order valence-corrected chi connectivity index (χ3v) is 12.2. The van der Waals surface area contributed by atoms with E-state index in [9.17, 15) is 0 Å². The predicted octanol–water partition coefficient (Wildman–Crippen LogP) is 14.5. The summed E-state index contributed by atoms with van der Waals surface area (Å²) < 4.78 is 14.0. The van der Waals surface area contributed by atoms with Crippen LogP contribution in [-0.4, -0.2) is 13.7 Å². The molecule has 0 spiro atoms. The summed E-state index contributed by atoms with van der Waals surface area (Å²) in [4.78, 5) is 0. The lowest BCUT2D eigenvalue weighted by Crippen LogP contribution is -1.97. The van der Waals surface area contributed by atoms with E-state index < -0.39 is 0 Å². The first-order chi connectivity index (χ1) is 28.8. The van der Waals surface area contributed by atoms with Crippen LogP contribution in [-0.2, 0) is 0 Å². The molecule has 0 saturated carbocycles. The van der Waals surface area contributed by atoms with Crippen LogP contribution in [0.2, 0.25) is 0 Å². The summed E-state index contributed by atoms with van der Waals surface area (Å²) in [5.41, 5.74) is 14.6. The van der Waals surface area contributed by atoms with E-state index in [2.05, 4.69) is 208 Å². The molecule has 0 unspecified atom stereocenters. The molecule has 58 heavy (non-hydrogen) atoms. The molecule has 0 saturated heterocycles. The number of rotatable bonds is 4. The van der Waals surface area contributed by atoms with E-state index in [-0.39, 0.29) is 0 Å². The zero-order valence-corrected chi connectivity index (χ0v) is 31.3. The van der Waals surface area contributed by atoms with Crippen LogP contribution in [0.1, 0.15) is 0 Å². The number of aromatic nitrogens is 3. The first-order valence-corrected chi connectivity index (χ1v) is 19.9. The first-order valence-electron chi connectivity index (χ1n) is 19.9. The van der Waals surface area contributed by atoms with E-state index in [1.807, 2.05) is 6.07 Å². The van der Waals surface area contributed by atoms with Gasteiger partial charge in [0.2, 0.25) is 0 Å². The number of hydrogen-bond acceptors (Lipinski definition) is 1. The van der Waals surface area contributed by atoms with Gasteiger partial charge in [-0.15, -0.1) is 0 Å². The second-order valence-electron chi connectivity index (χ2n) is 15.3. The molecule has 0 atom stereocenters. The maximum absolute atomic E-state index is 6.66. The van der Waals surface area contributed by atoms with Gasteiger partial charge in [-0.3, -0.25) is 0 Å². The molecule has 0 aliphatic carbocycles. The second-order valence-corrected chi connectivity index (χ2v) is 15.3. The Morgan fingerprint density at radius 3 is 1.74 bits per heavy atom. The summed E-state index contributed by atoms with van der Waals surface area (Å²) in [6, 6.07) is 72.4. The smallest absolute Gasteiger partial charge is 0.145 e. The minimum atomic E-state index is 0.908. The van der Waals surface area contributed by atoms with Crippen molar-refractivity contribution >= 4 is 87.4 Å². The number of fused-ring (bicyclic) bond motifs is 14. The average Bonchev–Trinajstić information content (AvgIpc) is 4.03. The predicted molar refractivity (Wildman–Crippen MR) is 242 cm³/mol. The molecule has 0 bridgehead atoms. The zero-order valence-electron chi connectivity index (χ0n) is 31.3. The fourth-order valence-electron chi connectivity index (χ4n) is 9.84. The van der Waals surface area contributed by atoms with Gasteiger partial charge < -0.3 is 18.1 Å². The highest BCUT2D eigenvalue weighted by Gasteiger charge is 2.24. The molecule has 13 aromatic rings. The first kappa shape index (κ1) is 31.4. The Morgan fingerprint density at radius 1 is 0.328 bits per heavy atom. The van der Waals surface area contributed by atoms with Crippen LogP contribution in [0, 0.1) is 0 Å². The maximum Gasteiger partial charge on any atom is 0.145 e. The van der Waals surface area contributed by atoms with E-state index in [1.165, 1.54) is 54.6 Å². The molecule has 4 nitrogen and oxygen atoms in total. The average molecular weight is 740 g/mol. The summed E-state index contributed by atoms with van der Waals surface area (Å²) in [6.45, 7) is 0. The fourth-order valence-corrected chi connectivity index (χ4v) is 9.84. The number of benzene rings is 9. The van der Waals surface area contributed by atoms with Gasteiger partial charge in [0.15, 0.2) is 0 Å². The van der Waals surface area contributed by atoms with Gasteiger partial charge in [-0.25, -0.2) is 0 Å². The van der Waals surface area contributed by atoms with Crippen molar-refractivity contribution in [3.8, 4) is 28.2 Å². The largest absolute Gasteiger partial charge is 0.455 e. The van der Waals surface area contributed by atoms with Crippen LogP contribution in [0.3, 0.4) is 0 Å². The minimum Gasteiger partial charge on any atom is -0.455 e. The Balaban J connectivity index is 1.19.